The van der Waals surface area contributed by atoms with Crippen LogP contribution in [-0.2, 0) is 9.53 Å². The third kappa shape index (κ3) is 4.15. The highest BCUT2D eigenvalue weighted by atomic mass is 16.6. The summed E-state index contributed by atoms with van der Waals surface area (Å²) >= 11 is 0. The number of hydrogen-bond donors (Lipinski definition) is 5. The van der Waals surface area contributed by atoms with Crippen molar-refractivity contribution in [2.24, 2.45) is 0 Å². The van der Waals surface area contributed by atoms with Crippen molar-refractivity contribution >= 4 is 28.9 Å². The number of nitrogens with zero attached hydrogens (tertiary/aromatic N) is 5. The van der Waals surface area contributed by atoms with E-state index in [-0.39, 0.29) is 41.4 Å². The number of fused-ring (bicyclic) bond motifs is 1. The van der Waals surface area contributed by atoms with Gasteiger partial charge >= 0.3 is 6.03 Å². The lowest BCUT2D eigenvalue weighted by molar-refractivity contribution is -0.137. The highest BCUT2D eigenvalue weighted by Gasteiger charge is 2.48. The predicted octanol–water partition coefficient (Wildman–Crippen LogP) is -2.07. The number of amides is 3. The smallest absolute Gasteiger partial charge is 0.317 e. The number of hydrogen-bond acceptors (Lipinski definition) is 9. The molecule has 1 saturated carbocycles. The fraction of sp³-hybridized carbons (Fsp3) is 0.526. The monoisotopic (exact) mass is 444 g/mol. The molecule has 0 unspecified atom stereocenters. The van der Waals surface area contributed by atoms with Crippen molar-refractivity contribution in [2.45, 2.75) is 43.4 Å². The average molecular weight is 444 g/mol. The second kappa shape index (κ2) is 8.58. The highest BCUT2D eigenvalue weighted by molar-refractivity contribution is 5.83. The zero-order valence-electron chi connectivity index (χ0n) is 17.5. The zero-order valence-corrected chi connectivity index (χ0v) is 17.5. The Morgan fingerprint density at radius 2 is 2.09 bits per heavy atom. The number of aromatic nitrogens is 4. The molecule has 6 N–H and O–H groups in total. The van der Waals surface area contributed by atoms with E-state index < -0.39 is 30.4 Å². The number of carbonyl (C=O) groups excluding carboxylic acids is 2. The molecule has 3 heterocycles. The molecular weight excluding hydrogens is 420 g/mol. The number of urea groups is 1. The maximum atomic E-state index is 12.4. The first kappa shape index (κ1) is 21.8. The largest absolute Gasteiger partial charge is 0.387 e. The number of aliphatic hydroxyl groups excluding tert-OH is 2. The van der Waals surface area contributed by atoms with Crippen molar-refractivity contribution < 1.29 is 24.5 Å². The lowest BCUT2D eigenvalue weighted by Gasteiger charge is -2.16. The van der Waals surface area contributed by atoms with Crippen LogP contribution >= 0.6 is 0 Å². The third-order valence-electron chi connectivity index (χ3n) is 5.22. The van der Waals surface area contributed by atoms with Crippen molar-refractivity contribution in [3.63, 3.8) is 0 Å². The average Bonchev–Trinajstić information content (AvgIpc) is 3.40. The summed E-state index contributed by atoms with van der Waals surface area (Å²) in [4.78, 5) is 37.9. The van der Waals surface area contributed by atoms with Crippen LogP contribution in [0.5, 0.6) is 0 Å². The van der Waals surface area contributed by atoms with E-state index in [2.05, 4.69) is 37.4 Å². The Morgan fingerprint density at radius 3 is 2.78 bits per heavy atom. The Kier molecular flexibility index (Phi) is 5.83. The van der Waals surface area contributed by atoms with Gasteiger partial charge in [-0.05, 0) is 18.8 Å². The van der Waals surface area contributed by atoms with Crippen LogP contribution in [0.15, 0.2) is 6.33 Å². The van der Waals surface area contributed by atoms with Gasteiger partial charge in [-0.2, -0.15) is 0 Å². The molecule has 3 amide bonds. The van der Waals surface area contributed by atoms with E-state index in [1.54, 1.807) is 7.05 Å². The van der Waals surface area contributed by atoms with Crippen LogP contribution in [0.4, 0.5) is 10.6 Å². The van der Waals surface area contributed by atoms with Crippen LogP contribution < -0.4 is 16.4 Å². The van der Waals surface area contributed by atoms with Crippen molar-refractivity contribution in [3.05, 3.63) is 12.2 Å². The Bertz CT molecular complexity index is 1100. The Morgan fingerprint density at radius 1 is 1.34 bits per heavy atom. The van der Waals surface area contributed by atoms with E-state index in [4.69, 9.17) is 10.5 Å². The summed E-state index contributed by atoms with van der Waals surface area (Å²) in [5.74, 6) is 5.19. The Hall–Kier alpha value is -3.47. The molecule has 0 spiro atoms. The fourth-order valence-electron chi connectivity index (χ4n) is 3.30. The number of anilines is 1. The number of carbonyl (C=O) groups is 2. The van der Waals surface area contributed by atoms with Gasteiger partial charge in [0.1, 0.15) is 17.7 Å². The van der Waals surface area contributed by atoms with E-state index in [1.807, 2.05) is 0 Å². The van der Waals surface area contributed by atoms with Crippen molar-refractivity contribution in [1.82, 2.24) is 35.1 Å². The minimum absolute atomic E-state index is 0.0637. The molecule has 2 fully saturated rings. The van der Waals surface area contributed by atoms with E-state index in [0.29, 0.717) is 0 Å². The molecular formula is C19H24N8O5. The van der Waals surface area contributed by atoms with Crippen molar-refractivity contribution in [3.8, 4) is 11.8 Å². The van der Waals surface area contributed by atoms with Gasteiger partial charge in [0, 0.05) is 20.1 Å². The van der Waals surface area contributed by atoms with Gasteiger partial charge in [0.2, 0.25) is 5.82 Å². The number of nitrogens with two attached hydrogens (primary N) is 1. The van der Waals surface area contributed by atoms with Crippen LogP contribution in [0.2, 0.25) is 0 Å². The van der Waals surface area contributed by atoms with Gasteiger partial charge < -0.3 is 36.2 Å². The summed E-state index contributed by atoms with van der Waals surface area (Å²) in [5.41, 5.74) is 6.47. The molecule has 4 atom stereocenters. The van der Waals surface area contributed by atoms with Crippen LogP contribution in [0.3, 0.4) is 0 Å². The lowest BCUT2D eigenvalue weighted by atomic mass is 10.1. The van der Waals surface area contributed by atoms with Crippen molar-refractivity contribution in [1.29, 1.82) is 0 Å². The number of nitrogen functional groups attached to an aromatic ring is 1. The molecule has 32 heavy (non-hydrogen) atoms. The van der Waals surface area contributed by atoms with Gasteiger partial charge in [0.15, 0.2) is 23.8 Å². The van der Waals surface area contributed by atoms with Gasteiger partial charge in [0.25, 0.3) is 5.91 Å². The molecule has 4 rings (SSSR count). The maximum Gasteiger partial charge on any atom is 0.317 e. The lowest BCUT2D eigenvalue weighted by Crippen LogP contribution is -2.43. The summed E-state index contributed by atoms with van der Waals surface area (Å²) < 4.78 is 7.06. The third-order valence-corrected chi connectivity index (χ3v) is 5.22. The highest BCUT2D eigenvalue weighted by Crippen LogP contribution is 2.32. The molecule has 1 aliphatic heterocycles. The standard InChI is InChI=1S/C19H24N8O5/c1-21-19(31)26(2)7-3-4-10-24-15(20)11-16(25-10)27(8-22-11)18-13(29)12(28)14(32-18)17(30)23-9-5-6-9/h8-9,12-14,18,28-29H,5-7H2,1-2H3,(H,21,31)(H,23,30)(H2,20,24,25)/t12-,13+,14+,18-/m1/s1. The second-order valence-electron chi connectivity index (χ2n) is 7.68. The number of aliphatic hydroxyl groups is 2. The Labute approximate surface area is 183 Å². The second-order valence-corrected chi connectivity index (χ2v) is 7.68. The number of nitrogens with one attached hydrogen (secondary N) is 2. The maximum absolute atomic E-state index is 12.4. The molecule has 0 radical (unpaired) electrons. The molecule has 0 aromatic carbocycles. The van der Waals surface area contributed by atoms with Crippen molar-refractivity contribution in [2.75, 3.05) is 26.4 Å². The molecule has 170 valence electrons. The molecule has 2 aliphatic rings. The first-order valence-corrected chi connectivity index (χ1v) is 10.0. The van der Waals surface area contributed by atoms with Gasteiger partial charge in [-0.1, -0.05) is 5.92 Å². The SMILES string of the molecule is CNC(=O)N(C)CC#Cc1nc(N)c2ncn([C@@H]3O[C@H](C(=O)NC4CC4)[C@H](O)[C@@H]3O)c2n1. The van der Waals surface area contributed by atoms with Crippen LogP contribution in [-0.4, -0.2) is 91.6 Å². The van der Waals surface area contributed by atoms with E-state index in [9.17, 15) is 19.8 Å². The number of ether oxygens (including phenoxy) is 1. The molecule has 13 nitrogen and oxygen atoms in total. The molecule has 2 aromatic rings. The molecule has 1 aliphatic carbocycles. The summed E-state index contributed by atoms with van der Waals surface area (Å²) in [7, 11) is 3.10. The molecule has 2 aromatic heterocycles. The summed E-state index contributed by atoms with van der Waals surface area (Å²) in [6.45, 7) is 0.134. The van der Waals surface area contributed by atoms with Gasteiger partial charge in [-0.15, -0.1) is 0 Å². The van der Waals surface area contributed by atoms with Crippen LogP contribution in [0.1, 0.15) is 24.9 Å². The molecule has 0 bridgehead atoms. The fourth-order valence-corrected chi connectivity index (χ4v) is 3.30. The summed E-state index contributed by atoms with van der Waals surface area (Å²) in [5, 5.41) is 26.1. The number of rotatable bonds is 4. The molecule has 1 saturated heterocycles. The van der Waals surface area contributed by atoms with Gasteiger partial charge in [0.05, 0.1) is 12.9 Å². The summed E-state index contributed by atoms with van der Waals surface area (Å²) in [6, 6.07) is -0.209. The quantitative estimate of drug-likeness (QED) is 0.331. The first-order valence-electron chi connectivity index (χ1n) is 10.0. The zero-order chi connectivity index (χ0) is 23.0. The minimum Gasteiger partial charge on any atom is -0.387 e. The molecule has 13 heteroatoms. The van der Waals surface area contributed by atoms with Gasteiger partial charge in [-0.3, -0.25) is 9.36 Å². The van der Waals surface area contributed by atoms with Gasteiger partial charge in [-0.25, -0.2) is 19.7 Å². The minimum atomic E-state index is -1.42. The Balaban J connectivity index is 1.58. The topological polar surface area (TPSA) is 181 Å². The predicted molar refractivity (Wildman–Crippen MR) is 111 cm³/mol. The first-order chi connectivity index (χ1) is 15.3. The van der Waals surface area contributed by atoms with Crippen LogP contribution in [0.25, 0.3) is 11.2 Å². The van der Waals surface area contributed by atoms with E-state index in [0.717, 1.165) is 12.8 Å². The van der Waals surface area contributed by atoms with Crippen LogP contribution in [0, 0.1) is 11.8 Å². The number of imidazole rings is 1. The normalized spacial score (nSPS) is 24.6. The van der Waals surface area contributed by atoms with E-state index >= 15 is 0 Å². The summed E-state index contributed by atoms with van der Waals surface area (Å²) in [6.07, 6.45) is -2.05. The van der Waals surface area contributed by atoms with E-state index in [1.165, 1.54) is 22.8 Å².